The maximum Gasteiger partial charge on any atom is 0.0117 e. The fraction of sp³-hybridized carbons (Fsp3) is 0.333. The van der Waals surface area contributed by atoms with Gasteiger partial charge in [0.1, 0.15) is 0 Å². The third-order valence-electron chi connectivity index (χ3n) is 0.554. The van der Waals surface area contributed by atoms with Crippen LogP contribution in [0.15, 0.2) is 23.3 Å². The molecule has 0 aliphatic rings. The summed E-state index contributed by atoms with van der Waals surface area (Å²) in [6.07, 6.45) is 3.82. The Labute approximate surface area is 58.8 Å². The van der Waals surface area contributed by atoms with Crippen LogP contribution in [-0.4, -0.2) is 19.0 Å². The molecule has 1 nitrogen and oxygen atoms in total. The number of hydrogen-bond donors (Lipinski definition) is 0. The second-order valence-corrected chi connectivity index (χ2v) is 2.74. The molecule has 0 aromatic rings. The Hall–Kier alpha value is -0.240. The van der Waals surface area contributed by atoms with Crippen LogP contribution in [0, 0.1) is 0 Å². The largest absolute Gasteiger partial charge is 0.383 e. The normalized spacial score (nSPS) is 9.88. The minimum Gasteiger partial charge on any atom is -0.383 e. The highest BCUT2D eigenvalue weighted by molar-refractivity contribution is 9.11. The zero-order chi connectivity index (χ0) is 6.57. The van der Waals surface area contributed by atoms with Crippen molar-refractivity contribution in [2.24, 2.45) is 0 Å². The quantitative estimate of drug-likeness (QED) is 0.581. The van der Waals surface area contributed by atoms with E-state index in [0.29, 0.717) is 0 Å². The van der Waals surface area contributed by atoms with Gasteiger partial charge in [0.05, 0.1) is 0 Å². The van der Waals surface area contributed by atoms with Gasteiger partial charge in [0.25, 0.3) is 0 Å². The molecule has 0 heterocycles. The van der Waals surface area contributed by atoms with Crippen molar-refractivity contribution in [2.45, 2.75) is 0 Å². The molecule has 0 aliphatic heterocycles. The smallest absolute Gasteiger partial charge is 0.0117 e. The summed E-state index contributed by atoms with van der Waals surface area (Å²) < 4.78 is 0.895. The summed E-state index contributed by atoms with van der Waals surface area (Å²) >= 11 is 3.19. The van der Waals surface area contributed by atoms with Crippen LogP contribution < -0.4 is 0 Å². The van der Waals surface area contributed by atoms with E-state index in [1.165, 1.54) is 0 Å². The molecule has 0 rings (SSSR count). The van der Waals surface area contributed by atoms with Crippen LogP contribution in [0.4, 0.5) is 0 Å². The van der Waals surface area contributed by atoms with Gasteiger partial charge in [-0.25, -0.2) is 0 Å². The van der Waals surface area contributed by atoms with Crippen LogP contribution in [0.2, 0.25) is 0 Å². The minimum absolute atomic E-state index is 0.895. The molecule has 8 heavy (non-hydrogen) atoms. The number of rotatable bonds is 2. The van der Waals surface area contributed by atoms with E-state index in [0.717, 1.165) is 4.48 Å². The van der Waals surface area contributed by atoms with E-state index < -0.39 is 0 Å². The summed E-state index contributed by atoms with van der Waals surface area (Å²) in [5.41, 5.74) is 0. The summed E-state index contributed by atoms with van der Waals surface area (Å²) in [5, 5.41) is 0. The molecule has 0 aromatic heterocycles. The highest BCUT2D eigenvalue weighted by atomic mass is 79.9. The van der Waals surface area contributed by atoms with Gasteiger partial charge in [-0.05, 0) is 12.3 Å². The van der Waals surface area contributed by atoms with Gasteiger partial charge >= 0.3 is 0 Å². The summed E-state index contributed by atoms with van der Waals surface area (Å²) in [5.74, 6) is 0. The Bertz CT molecular complexity index is 105. The van der Waals surface area contributed by atoms with Gasteiger partial charge in [0.2, 0.25) is 0 Å². The van der Waals surface area contributed by atoms with Gasteiger partial charge in [-0.2, -0.15) is 0 Å². The molecule has 0 unspecified atom stereocenters. The Morgan fingerprint density at radius 1 is 1.62 bits per heavy atom. The third-order valence-corrected chi connectivity index (χ3v) is 0.818. The van der Waals surface area contributed by atoms with Gasteiger partial charge < -0.3 is 4.90 Å². The Balaban J connectivity index is 3.50. The molecule has 46 valence electrons. The molecule has 0 spiro atoms. The van der Waals surface area contributed by atoms with Gasteiger partial charge in [0.15, 0.2) is 0 Å². The van der Waals surface area contributed by atoms with Crippen molar-refractivity contribution in [1.82, 2.24) is 4.90 Å². The fourth-order valence-electron chi connectivity index (χ4n) is 0.230. The fourth-order valence-corrected chi connectivity index (χ4v) is 0.348. The zero-order valence-corrected chi connectivity index (χ0v) is 6.77. The molecule has 0 saturated heterocycles. The lowest BCUT2D eigenvalue weighted by Crippen LogP contribution is -1.99. The predicted molar refractivity (Wildman–Crippen MR) is 40.9 cm³/mol. The highest BCUT2D eigenvalue weighted by Crippen LogP contribution is 2.00. The first-order valence-electron chi connectivity index (χ1n) is 2.32. The molecule has 0 N–H and O–H groups in total. The van der Waals surface area contributed by atoms with Crippen molar-refractivity contribution in [1.29, 1.82) is 0 Å². The van der Waals surface area contributed by atoms with Gasteiger partial charge in [-0.1, -0.05) is 22.5 Å². The standard InChI is InChI=1S/C6H10BrN/c1-6(7)4-5-8(2)3/h4-5H,1H2,2-3H3/b5-4-. The Morgan fingerprint density at radius 2 is 2.12 bits per heavy atom. The lowest BCUT2D eigenvalue weighted by Gasteiger charge is -2.01. The van der Waals surface area contributed by atoms with Gasteiger partial charge in [-0.15, -0.1) is 0 Å². The molecule has 0 atom stereocenters. The first kappa shape index (κ1) is 7.76. The summed E-state index contributed by atoms with van der Waals surface area (Å²) in [6.45, 7) is 3.63. The van der Waals surface area contributed by atoms with Crippen molar-refractivity contribution in [2.75, 3.05) is 14.1 Å². The highest BCUT2D eigenvalue weighted by Gasteiger charge is 1.75. The van der Waals surface area contributed by atoms with E-state index in [4.69, 9.17) is 0 Å². The van der Waals surface area contributed by atoms with Crippen molar-refractivity contribution in [3.63, 3.8) is 0 Å². The Morgan fingerprint density at radius 3 is 2.25 bits per heavy atom. The molecular formula is C6H10BrN. The molecule has 2 heteroatoms. The SMILES string of the molecule is C=C(Br)/C=C\N(C)C. The molecule has 0 bridgehead atoms. The van der Waals surface area contributed by atoms with Crippen LogP contribution in [-0.2, 0) is 0 Å². The van der Waals surface area contributed by atoms with Crippen LogP contribution in [0.3, 0.4) is 0 Å². The second kappa shape index (κ2) is 3.72. The van der Waals surface area contributed by atoms with Gasteiger partial charge in [0, 0.05) is 18.6 Å². The van der Waals surface area contributed by atoms with E-state index in [-0.39, 0.29) is 0 Å². The third kappa shape index (κ3) is 5.76. The number of halogens is 1. The molecule has 0 amide bonds. The van der Waals surface area contributed by atoms with Gasteiger partial charge in [-0.3, -0.25) is 0 Å². The molecule has 0 saturated carbocycles. The van der Waals surface area contributed by atoms with Crippen LogP contribution in [0.1, 0.15) is 0 Å². The predicted octanol–water partition coefficient (Wildman–Crippen LogP) is 1.97. The molecule has 0 radical (unpaired) electrons. The summed E-state index contributed by atoms with van der Waals surface area (Å²) in [4.78, 5) is 1.95. The van der Waals surface area contributed by atoms with Crippen molar-refractivity contribution in [3.05, 3.63) is 23.3 Å². The van der Waals surface area contributed by atoms with Crippen molar-refractivity contribution in [3.8, 4) is 0 Å². The average molecular weight is 176 g/mol. The summed E-state index contributed by atoms with van der Waals surface area (Å²) in [6, 6.07) is 0. The topological polar surface area (TPSA) is 3.24 Å². The van der Waals surface area contributed by atoms with E-state index in [2.05, 4.69) is 22.5 Å². The van der Waals surface area contributed by atoms with Crippen molar-refractivity contribution >= 4 is 15.9 Å². The monoisotopic (exact) mass is 175 g/mol. The first-order chi connectivity index (χ1) is 3.63. The first-order valence-corrected chi connectivity index (χ1v) is 3.11. The van der Waals surface area contributed by atoms with Crippen LogP contribution >= 0.6 is 15.9 Å². The maximum atomic E-state index is 3.63. The van der Waals surface area contributed by atoms with Crippen molar-refractivity contribution < 1.29 is 0 Å². The van der Waals surface area contributed by atoms with Crippen LogP contribution in [0.25, 0.3) is 0 Å². The molecule has 0 fully saturated rings. The number of nitrogens with zero attached hydrogens (tertiary/aromatic N) is 1. The van der Waals surface area contributed by atoms with E-state index in [1.807, 2.05) is 31.3 Å². The second-order valence-electron chi connectivity index (χ2n) is 1.73. The van der Waals surface area contributed by atoms with E-state index >= 15 is 0 Å². The molecule has 0 aromatic carbocycles. The summed E-state index contributed by atoms with van der Waals surface area (Å²) in [7, 11) is 3.93. The minimum atomic E-state index is 0.895. The molecule has 0 aliphatic carbocycles. The zero-order valence-electron chi connectivity index (χ0n) is 5.19. The number of allylic oxidation sites excluding steroid dienone is 2. The van der Waals surface area contributed by atoms with E-state index in [1.54, 1.807) is 0 Å². The number of hydrogen-bond acceptors (Lipinski definition) is 1. The lowest BCUT2D eigenvalue weighted by molar-refractivity contribution is 0.564. The van der Waals surface area contributed by atoms with E-state index in [9.17, 15) is 0 Å². The lowest BCUT2D eigenvalue weighted by atomic mass is 10.6. The Kier molecular flexibility index (Phi) is 3.61. The maximum absolute atomic E-state index is 3.63. The molecular weight excluding hydrogens is 166 g/mol. The average Bonchev–Trinajstić information content (AvgIpc) is 1.61. The van der Waals surface area contributed by atoms with Crippen LogP contribution in [0.5, 0.6) is 0 Å².